The maximum absolute atomic E-state index is 6.04. The van der Waals surface area contributed by atoms with Crippen molar-refractivity contribution in [2.75, 3.05) is 23.7 Å². The van der Waals surface area contributed by atoms with E-state index in [2.05, 4.69) is 44.7 Å². The van der Waals surface area contributed by atoms with Crippen LogP contribution < -0.4 is 4.90 Å². The Morgan fingerprint density at radius 2 is 2.16 bits per heavy atom. The maximum atomic E-state index is 6.04. The molecule has 0 aliphatic carbocycles. The van der Waals surface area contributed by atoms with Gasteiger partial charge in [0.15, 0.2) is 0 Å². The van der Waals surface area contributed by atoms with Crippen LogP contribution in [-0.4, -0.2) is 29.1 Å². The Bertz CT molecular complexity index is 442. The molecule has 0 amide bonds. The molecular formula is C15H23ClN2S. The van der Waals surface area contributed by atoms with Crippen LogP contribution in [0.1, 0.15) is 39.0 Å². The number of halogens is 1. The van der Waals surface area contributed by atoms with Crippen molar-refractivity contribution >= 4 is 29.2 Å². The second-order valence-electron chi connectivity index (χ2n) is 6.23. The molecule has 2 heterocycles. The lowest BCUT2D eigenvalue weighted by Crippen LogP contribution is -2.37. The van der Waals surface area contributed by atoms with Crippen molar-refractivity contribution in [3.05, 3.63) is 23.4 Å². The van der Waals surface area contributed by atoms with Crippen molar-refractivity contribution < 1.29 is 0 Å². The summed E-state index contributed by atoms with van der Waals surface area (Å²) in [4.78, 5) is 7.26. The molecule has 1 aromatic rings. The van der Waals surface area contributed by atoms with E-state index in [1.165, 1.54) is 11.3 Å². The number of anilines is 1. The second kappa shape index (κ2) is 5.92. The van der Waals surface area contributed by atoms with Gasteiger partial charge < -0.3 is 4.90 Å². The lowest BCUT2D eigenvalue weighted by molar-refractivity contribution is 0.566. The summed E-state index contributed by atoms with van der Waals surface area (Å²) in [7, 11) is 0. The van der Waals surface area contributed by atoms with Crippen molar-refractivity contribution in [1.82, 2.24) is 4.98 Å². The normalized spacial score (nSPS) is 20.7. The largest absolute Gasteiger partial charge is 0.355 e. The number of hydrogen-bond acceptors (Lipinski definition) is 3. The van der Waals surface area contributed by atoms with Gasteiger partial charge in [-0.3, -0.25) is 0 Å². The summed E-state index contributed by atoms with van der Waals surface area (Å²) in [6, 6.07) is 4.28. The number of rotatable bonds is 2. The molecule has 4 heteroatoms. The van der Waals surface area contributed by atoms with Gasteiger partial charge in [0, 0.05) is 41.1 Å². The van der Waals surface area contributed by atoms with Crippen molar-refractivity contribution in [3.63, 3.8) is 0 Å². The zero-order valence-corrected chi connectivity index (χ0v) is 13.8. The molecule has 1 saturated heterocycles. The molecule has 0 spiro atoms. The smallest absolute Gasteiger partial charge is 0.129 e. The topological polar surface area (TPSA) is 16.1 Å². The van der Waals surface area contributed by atoms with E-state index in [9.17, 15) is 0 Å². The van der Waals surface area contributed by atoms with Crippen LogP contribution in [0.15, 0.2) is 12.1 Å². The molecule has 1 aliphatic rings. The summed E-state index contributed by atoms with van der Waals surface area (Å²) < 4.78 is 0. The van der Waals surface area contributed by atoms with Gasteiger partial charge in [-0.05, 0) is 17.7 Å². The molecule has 0 N–H and O–H groups in total. The minimum atomic E-state index is 0.0625. The molecule has 1 aliphatic heterocycles. The molecule has 1 unspecified atom stereocenters. The molecule has 2 rings (SSSR count). The number of thioether (sulfide) groups is 1. The molecule has 0 saturated carbocycles. The third-order valence-electron chi connectivity index (χ3n) is 3.36. The van der Waals surface area contributed by atoms with Gasteiger partial charge >= 0.3 is 0 Å². The molecule has 1 atom stereocenters. The minimum Gasteiger partial charge on any atom is -0.355 e. The van der Waals surface area contributed by atoms with Crippen LogP contribution in [-0.2, 0) is 11.3 Å². The first-order chi connectivity index (χ1) is 8.90. The highest BCUT2D eigenvalue weighted by Gasteiger charge is 2.22. The summed E-state index contributed by atoms with van der Waals surface area (Å²) in [5.74, 6) is 2.82. The van der Waals surface area contributed by atoms with Gasteiger partial charge in [0.05, 0.1) is 0 Å². The Kier molecular flexibility index (Phi) is 4.67. The van der Waals surface area contributed by atoms with Crippen LogP contribution in [0, 0.1) is 0 Å². The monoisotopic (exact) mass is 298 g/mol. The lowest BCUT2D eigenvalue weighted by atomic mass is 9.91. The van der Waals surface area contributed by atoms with Crippen molar-refractivity contribution in [2.24, 2.45) is 0 Å². The van der Waals surface area contributed by atoms with Gasteiger partial charge in [-0.25, -0.2) is 4.98 Å². The fourth-order valence-corrected chi connectivity index (χ4v) is 3.39. The van der Waals surface area contributed by atoms with Gasteiger partial charge in [0.2, 0.25) is 0 Å². The van der Waals surface area contributed by atoms with Crippen molar-refractivity contribution in [2.45, 2.75) is 44.2 Å². The first-order valence-corrected chi connectivity index (χ1v) is 8.42. The first kappa shape index (κ1) is 15.0. The fourth-order valence-electron chi connectivity index (χ4n) is 2.22. The van der Waals surface area contributed by atoms with Crippen LogP contribution in [0.3, 0.4) is 0 Å². The van der Waals surface area contributed by atoms with Crippen LogP contribution in [0.2, 0.25) is 0 Å². The zero-order valence-electron chi connectivity index (χ0n) is 12.2. The minimum absolute atomic E-state index is 0.0625. The molecule has 2 nitrogen and oxygen atoms in total. The molecule has 19 heavy (non-hydrogen) atoms. The molecule has 0 bridgehead atoms. The van der Waals surface area contributed by atoms with Gasteiger partial charge in [-0.1, -0.05) is 27.7 Å². The molecule has 106 valence electrons. The molecule has 0 radical (unpaired) electrons. The van der Waals surface area contributed by atoms with E-state index in [4.69, 9.17) is 16.6 Å². The van der Waals surface area contributed by atoms with E-state index in [1.807, 2.05) is 11.8 Å². The van der Waals surface area contributed by atoms with Crippen LogP contribution in [0.25, 0.3) is 0 Å². The quantitative estimate of drug-likeness (QED) is 0.766. The molecular weight excluding hydrogens is 276 g/mol. The first-order valence-electron chi connectivity index (χ1n) is 6.84. The van der Waals surface area contributed by atoms with Gasteiger partial charge in [0.25, 0.3) is 0 Å². The SMILES string of the molecule is CC1CN(c2cc(CCl)cc(C(C)(C)C)n2)CCS1. The van der Waals surface area contributed by atoms with E-state index in [0.29, 0.717) is 11.1 Å². The van der Waals surface area contributed by atoms with E-state index >= 15 is 0 Å². The van der Waals surface area contributed by atoms with Crippen molar-refractivity contribution in [3.8, 4) is 0 Å². The number of pyridine rings is 1. The van der Waals surface area contributed by atoms with E-state index < -0.39 is 0 Å². The predicted octanol–water partition coefficient (Wildman–Crippen LogP) is 4.06. The Morgan fingerprint density at radius 1 is 1.42 bits per heavy atom. The zero-order chi connectivity index (χ0) is 14.0. The average Bonchev–Trinajstić information content (AvgIpc) is 2.37. The Hall–Kier alpha value is -0.410. The predicted molar refractivity (Wildman–Crippen MR) is 86.6 cm³/mol. The maximum Gasteiger partial charge on any atom is 0.129 e. The van der Waals surface area contributed by atoms with Gasteiger partial charge in [0.1, 0.15) is 5.82 Å². The molecule has 1 fully saturated rings. The summed E-state index contributed by atoms with van der Waals surface area (Å²) >= 11 is 8.08. The van der Waals surface area contributed by atoms with Crippen LogP contribution >= 0.6 is 23.4 Å². The Morgan fingerprint density at radius 3 is 2.74 bits per heavy atom. The lowest BCUT2D eigenvalue weighted by Gasteiger charge is -2.32. The third-order valence-corrected chi connectivity index (χ3v) is 4.80. The van der Waals surface area contributed by atoms with Gasteiger partial charge in [-0.2, -0.15) is 11.8 Å². The average molecular weight is 299 g/mol. The van der Waals surface area contributed by atoms with Crippen molar-refractivity contribution in [1.29, 1.82) is 0 Å². The Balaban J connectivity index is 2.34. The second-order valence-corrected chi connectivity index (χ2v) is 8.04. The molecule has 1 aromatic heterocycles. The number of hydrogen-bond donors (Lipinski definition) is 0. The van der Waals surface area contributed by atoms with E-state index in [1.54, 1.807) is 0 Å². The number of alkyl halides is 1. The molecule has 0 aromatic carbocycles. The van der Waals surface area contributed by atoms with E-state index in [-0.39, 0.29) is 5.41 Å². The summed E-state index contributed by atoms with van der Waals surface area (Å²) in [5, 5.41) is 0.674. The van der Waals surface area contributed by atoms with Crippen LogP contribution in [0.5, 0.6) is 0 Å². The highest BCUT2D eigenvalue weighted by atomic mass is 35.5. The summed E-state index contributed by atoms with van der Waals surface area (Å²) in [6.45, 7) is 11.0. The Labute approximate surface area is 125 Å². The number of aromatic nitrogens is 1. The number of nitrogens with zero attached hydrogens (tertiary/aromatic N) is 2. The van der Waals surface area contributed by atoms with E-state index in [0.717, 1.165) is 24.6 Å². The highest BCUT2D eigenvalue weighted by Crippen LogP contribution is 2.28. The fraction of sp³-hybridized carbons (Fsp3) is 0.667. The van der Waals surface area contributed by atoms with Crippen LogP contribution in [0.4, 0.5) is 5.82 Å². The summed E-state index contributed by atoms with van der Waals surface area (Å²) in [5.41, 5.74) is 2.36. The third kappa shape index (κ3) is 3.79. The van der Waals surface area contributed by atoms with Gasteiger partial charge in [-0.15, -0.1) is 11.6 Å². The highest BCUT2D eigenvalue weighted by molar-refractivity contribution is 8.00. The standard InChI is InChI=1S/C15H23ClN2S/c1-11-10-18(5-6-19-11)14-8-12(9-16)7-13(17-14)15(2,3)4/h7-8,11H,5-6,9-10H2,1-4H3. The summed E-state index contributed by atoms with van der Waals surface area (Å²) in [6.07, 6.45) is 0.